The summed E-state index contributed by atoms with van der Waals surface area (Å²) in [6, 6.07) is 0. The van der Waals surface area contributed by atoms with Gasteiger partial charge in [0.2, 0.25) is 0 Å². The topological polar surface area (TPSA) is 12.5 Å². The van der Waals surface area contributed by atoms with E-state index in [9.17, 15) is 0 Å². The van der Waals surface area contributed by atoms with E-state index in [0.717, 1.165) is 18.2 Å². The first-order valence-corrected chi connectivity index (χ1v) is 6.98. The summed E-state index contributed by atoms with van der Waals surface area (Å²) >= 11 is 7.95. The molecular formula is C13H20BrNOS. The summed E-state index contributed by atoms with van der Waals surface area (Å²) in [7, 11) is 3.79. The fraction of sp³-hybridized carbons (Fsp3) is 0.538. The molecule has 0 heterocycles. The van der Waals surface area contributed by atoms with Crippen LogP contribution in [0.25, 0.3) is 0 Å². The average molecular weight is 318 g/mol. The summed E-state index contributed by atoms with van der Waals surface area (Å²) in [6.07, 6.45) is 0. The molecule has 0 aliphatic heterocycles. The summed E-state index contributed by atoms with van der Waals surface area (Å²) in [5, 5.41) is 0. The highest BCUT2D eigenvalue weighted by Crippen LogP contribution is 2.36. The Hall–Kier alpha value is -0.190. The van der Waals surface area contributed by atoms with Gasteiger partial charge in [-0.1, -0.05) is 15.9 Å². The van der Waals surface area contributed by atoms with Gasteiger partial charge in [-0.3, -0.25) is 4.90 Å². The Morgan fingerprint density at radius 3 is 2.24 bits per heavy atom. The molecule has 0 bridgehead atoms. The van der Waals surface area contributed by atoms with Gasteiger partial charge in [0.1, 0.15) is 5.75 Å². The van der Waals surface area contributed by atoms with Crippen LogP contribution >= 0.6 is 28.6 Å². The van der Waals surface area contributed by atoms with Crippen molar-refractivity contribution in [2.24, 2.45) is 0 Å². The average Bonchev–Trinajstić information content (AvgIpc) is 2.33. The SMILES string of the molecule is COc1c(C)c(C)c(Br)c(C)c1CN(C)CS. The highest BCUT2D eigenvalue weighted by Gasteiger charge is 2.17. The Kier molecular flexibility index (Phi) is 5.35. The zero-order valence-corrected chi connectivity index (χ0v) is 13.6. The monoisotopic (exact) mass is 317 g/mol. The van der Waals surface area contributed by atoms with Gasteiger partial charge < -0.3 is 4.74 Å². The number of benzene rings is 1. The summed E-state index contributed by atoms with van der Waals surface area (Å²) in [5.74, 6) is 1.73. The van der Waals surface area contributed by atoms with Crippen molar-refractivity contribution in [3.05, 3.63) is 26.7 Å². The molecule has 0 saturated carbocycles. The van der Waals surface area contributed by atoms with Crippen LogP contribution in [0.2, 0.25) is 0 Å². The van der Waals surface area contributed by atoms with Crippen LogP contribution in [0, 0.1) is 20.8 Å². The van der Waals surface area contributed by atoms with Crippen molar-refractivity contribution in [1.82, 2.24) is 4.90 Å². The van der Waals surface area contributed by atoms with Gasteiger partial charge in [0.25, 0.3) is 0 Å². The molecule has 0 atom stereocenters. The van der Waals surface area contributed by atoms with Crippen molar-refractivity contribution in [1.29, 1.82) is 0 Å². The zero-order valence-electron chi connectivity index (χ0n) is 11.1. The first-order chi connectivity index (χ1) is 7.93. The number of halogens is 1. The van der Waals surface area contributed by atoms with Gasteiger partial charge >= 0.3 is 0 Å². The number of thiol groups is 1. The Labute approximate surface area is 118 Å². The van der Waals surface area contributed by atoms with Gasteiger partial charge in [0, 0.05) is 22.5 Å². The maximum atomic E-state index is 5.57. The van der Waals surface area contributed by atoms with E-state index in [1.54, 1.807) is 7.11 Å². The number of nitrogens with zero attached hydrogens (tertiary/aromatic N) is 1. The number of ether oxygens (including phenoxy) is 1. The Balaban J connectivity index is 3.36. The van der Waals surface area contributed by atoms with E-state index in [0.29, 0.717) is 0 Å². The minimum atomic E-state index is 0.729. The number of hydrogen-bond acceptors (Lipinski definition) is 3. The second kappa shape index (κ2) is 6.12. The molecule has 0 saturated heterocycles. The Bertz CT molecular complexity index is 421. The predicted molar refractivity (Wildman–Crippen MR) is 80.2 cm³/mol. The highest BCUT2D eigenvalue weighted by atomic mass is 79.9. The summed E-state index contributed by atoms with van der Waals surface area (Å²) in [6.45, 7) is 7.18. The van der Waals surface area contributed by atoms with Crippen molar-refractivity contribution < 1.29 is 4.74 Å². The molecule has 0 aromatic heterocycles. The van der Waals surface area contributed by atoms with Crippen LogP contribution in [0.15, 0.2) is 4.47 Å². The van der Waals surface area contributed by atoms with E-state index in [-0.39, 0.29) is 0 Å². The van der Waals surface area contributed by atoms with Gasteiger partial charge in [0.15, 0.2) is 0 Å². The molecule has 2 nitrogen and oxygen atoms in total. The van der Waals surface area contributed by atoms with E-state index in [1.165, 1.54) is 26.7 Å². The summed E-state index contributed by atoms with van der Waals surface area (Å²) < 4.78 is 6.74. The quantitative estimate of drug-likeness (QED) is 0.671. The molecule has 0 unspecified atom stereocenters. The van der Waals surface area contributed by atoms with Gasteiger partial charge in [-0.15, -0.1) is 0 Å². The molecule has 0 N–H and O–H groups in total. The van der Waals surface area contributed by atoms with Crippen LogP contribution in [-0.4, -0.2) is 24.9 Å². The van der Waals surface area contributed by atoms with Gasteiger partial charge in [-0.05, 0) is 44.5 Å². The molecular weight excluding hydrogens is 298 g/mol. The first-order valence-electron chi connectivity index (χ1n) is 5.55. The van der Waals surface area contributed by atoms with Crippen molar-refractivity contribution >= 4 is 28.6 Å². The molecule has 0 fully saturated rings. The Morgan fingerprint density at radius 2 is 1.76 bits per heavy atom. The van der Waals surface area contributed by atoms with Crippen molar-refractivity contribution in [3.8, 4) is 5.75 Å². The van der Waals surface area contributed by atoms with Crippen LogP contribution in [0.4, 0.5) is 0 Å². The number of hydrogen-bond donors (Lipinski definition) is 1. The molecule has 1 aromatic carbocycles. The zero-order chi connectivity index (χ0) is 13.2. The second-order valence-electron chi connectivity index (χ2n) is 4.36. The lowest BCUT2D eigenvalue weighted by molar-refractivity contribution is 0.360. The van der Waals surface area contributed by atoms with Gasteiger partial charge in [0.05, 0.1) is 7.11 Å². The normalized spacial score (nSPS) is 11.1. The van der Waals surface area contributed by atoms with Crippen molar-refractivity contribution in [3.63, 3.8) is 0 Å². The van der Waals surface area contributed by atoms with Crippen LogP contribution < -0.4 is 4.74 Å². The molecule has 4 heteroatoms. The predicted octanol–water partition coefficient (Wildman–Crippen LogP) is 3.70. The van der Waals surface area contributed by atoms with E-state index < -0.39 is 0 Å². The Morgan fingerprint density at radius 1 is 1.18 bits per heavy atom. The number of rotatable bonds is 4. The van der Waals surface area contributed by atoms with E-state index in [1.807, 2.05) is 0 Å². The van der Waals surface area contributed by atoms with Crippen LogP contribution in [0.3, 0.4) is 0 Å². The largest absolute Gasteiger partial charge is 0.496 e. The minimum absolute atomic E-state index is 0.729. The van der Waals surface area contributed by atoms with E-state index in [2.05, 4.69) is 61.3 Å². The fourth-order valence-electron chi connectivity index (χ4n) is 1.93. The molecule has 1 aromatic rings. The van der Waals surface area contributed by atoms with Crippen LogP contribution in [0.5, 0.6) is 5.75 Å². The fourth-order valence-corrected chi connectivity index (χ4v) is 2.57. The smallest absolute Gasteiger partial charge is 0.126 e. The lowest BCUT2D eigenvalue weighted by Crippen LogP contribution is -2.17. The molecule has 0 spiro atoms. The lowest BCUT2D eigenvalue weighted by atomic mass is 9.98. The first kappa shape index (κ1) is 14.9. The maximum absolute atomic E-state index is 5.57. The van der Waals surface area contributed by atoms with Crippen LogP contribution in [0.1, 0.15) is 22.3 Å². The highest BCUT2D eigenvalue weighted by molar-refractivity contribution is 9.10. The summed E-state index contributed by atoms with van der Waals surface area (Å²) in [5.41, 5.74) is 4.93. The van der Waals surface area contributed by atoms with E-state index in [4.69, 9.17) is 4.74 Å². The van der Waals surface area contributed by atoms with E-state index >= 15 is 0 Å². The van der Waals surface area contributed by atoms with Crippen LogP contribution in [-0.2, 0) is 6.54 Å². The number of methoxy groups -OCH3 is 1. The van der Waals surface area contributed by atoms with Gasteiger partial charge in [-0.25, -0.2) is 0 Å². The third-order valence-electron chi connectivity index (χ3n) is 3.16. The maximum Gasteiger partial charge on any atom is 0.126 e. The van der Waals surface area contributed by atoms with Gasteiger partial charge in [-0.2, -0.15) is 12.6 Å². The molecule has 96 valence electrons. The van der Waals surface area contributed by atoms with Crippen molar-refractivity contribution in [2.45, 2.75) is 27.3 Å². The van der Waals surface area contributed by atoms with Crippen molar-refractivity contribution in [2.75, 3.05) is 20.0 Å². The molecule has 0 aliphatic rings. The third kappa shape index (κ3) is 2.98. The summed E-state index contributed by atoms with van der Waals surface area (Å²) in [4.78, 5) is 2.15. The molecule has 17 heavy (non-hydrogen) atoms. The molecule has 1 rings (SSSR count). The third-order valence-corrected chi connectivity index (χ3v) is 4.83. The molecule has 0 amide bonds. The molecule has 0 aliphatic carbocycles. The molecule has 0 radical (unpaired) electrons. The minimum Gasteiger partial charge on any atom is -0.496 e. The standard InChI is InChI=1S/C13H20BrNOS/c1-8-9(2)13(16-5)11(6-15(4)7-17)10(3)12(8)14/h17H,6-7H2,1-5H3. The lowest BCUT2D eigenvalue weighted by Gasteiger charge is -2.22. The second-order valence-corrected chi connectivity index (χ2v) is 5.43.